The van der Waals surface area contributed by atoms with Crippen LogP contribution in [-0.2, 0) is 0 Å². The summed E-state index contributed by atoms with van der Waals surface area (Å²) in [7, 11) is 0. The second-order valence-corrected chi connectivity index (χ2v) is 4.69. The maximum absolute atomic E-state index is 12.0. The molecule has 2 nitrogen and oxygen atoms in total. The molecular weight excluding hydrogens is 267 g/mol. The van der Waals surface area contributed by atoms with Gasteiger partial charge in [-0.15, -0.1) is 0 Å². The van der Waals surface area contributed by atoms with Crippen molar-refractivity contribution in [1.82, 2.24) is 5.32 Å². The van der Waals surface area contributed by atoms with E-state index in [0.29, 0.717) is 5.56 Å². The highest BCUT2D eigenvalue weighted by Gasteiger charge is 2.26. The van der Waals surface area contributed by atoms with Gasteiger partial charge in [-0.2, -0.15) is 13.2 Å². The van der Waals surface area contributed by atoms with Gasteiger partial charge in [0.25, 0.3) is 0 Å². The largest absolute Gasteiger partial charge is 0.390 e. The number of aliphatic hydroxyl groups excluding tert-OH is 1. The minimum absolute atomic E-state index is 0.106. The Morgan fingerprint density at radius 1 is 1.05 bits per heavy atom. The molecule has 0 aromatic heterocycles. The maximum atomic E-state index is 12.0. The molecule has 2 N–H and O–H groups in total. The lowest BCUT2D eigenvalue weighted by molar-refractivity contribution is -0.133. The van der Waals surface area contributed by atoms with Gasteiger partial charge in [-0.1, -0.05) is 36.4 Å². The summed E-state index contributed by atoms with van der Waals surface area (Å²) in [5.74, 6) is 0. The van der Waals surface area contributed by atoms with Gasteiger partial charge in [-0.25, -0.2) is 0 Å². The Morgan fingerprint density at radius 2 is 1.75 bits per heavy atom. The number of benzene rings is 2. The van der Waals surface area contributed by atoms with Crippen molar-refractivity contribution in [2.45, 2.75) is 18.7 Å². The van der Waals surface area contributed by atoms with Crippen LogP contribution in [0.5, 0.6) is 0 Å². The van der Waals surface area contributed by atoms with Crippen molar-refractivity contribution in [2.75, 3.05) is 13.1 Å². The number of rotatable bonds is 5. The Kier molecular flexibility index (Phi) is 4.62. The highest BCUT2D eigenvalue weighted by atomic mass is 19.4. The highest BCUT2D eigenvalue weighted by Crippen LogP contribution is 2.21. The minimum Gasteiger partial charge on any atom is -0.387 e. The normalized spacial score (nSPS) is 13.6. The van der Waals surface area contributed by atoms with Crippen LogP contribution in [0.1, 0.15) is 18.1 Å². The topological polar surface area (TPSA) is 32.3 Å². The van der Waals surface area contributed by atoms with Gasteiger partial charge in [-0.05, 0) is 22.4 Å². The van der Waals surface area contributed by atoms with Crippen LogP contribution in [0.4, 0.5) is 13.2 Å². The zero-order chi connectivity index (χ0) is 14.6. The van der Waals surface area contributed by atoms with E-state index in [2.05, 4.69) is 5.32 Å². The first-order chi connectivity index (χ1) is 9.46. The molecule has 108 valence electrons. The standard InChI is InChI=1S/C15H16F3NO/c16-15(17,18)7-8-19-10-14(20)13-6-5-11-3-1-2-4-12(11)9-13/h1-6,9,14,19-20H,7-8,10H2. The maximum Gasteiger partial charge on any atom is 0.390 e. The summed E-state index contributed by atoms with van der Waals surface area (Å²) >= 11 is 0. The smallest absolute Gasteiger partial charge is 0.387 e. The molecule has 0 radical (unpaired) electrons. The van der Waals surface area contributed by atoms with Gasteiger partial charge in [-0.3, -0.25) is 0 Å². The molecule has 2 rings (SSSR count). The summed E-state index contributed by atoms with van der Waals surface area (Å²) in [6.45, 7) is -0.0808. The second-order valence-electron chi connectivity index (χ2n) is 4.69. The van der Waals surface area contributed by atoms with Crippen molar-refractivity contribution in [2.24, 2.45) is 0 Å². The zero-order valence-corrected chi connectivity index (χ0v) is 10.8. The molecule has 1 atom stereocenters. The van der Waals surface area contributed by atoms with Crippen molar-refractivity contribution in [3.8, 4) is 0 Å². The van der Waals surface area contributed by atoms with Gasteiger partial charge >= 0.3 is 6.18 Å². The Balaban J connectivity index is 1.92. The Labute approximate surface area is 115 Å². The first-order valence-electron chi connectivity index (χ1n) is 6.40. The fourth-order valence-corrected chi connectivity index (χ4v) is 2.00. The summed E-state index contributed by atoms with van der Waals surface area (Å²) < 4.78 is 35.9. The highest BCUT2D eigenvalue weighted by molar-refractivity contribution is 5.83. The van der Waals surface area contributed by atoms with Crippen LogP contribution >= 0.6 is 0 Å². The van der Waals surface area contributed by atoms with Gasteiger partial charge in [0.05, 0.1) is 12.5 Å². The van der Waals surface area contributed by atoms with Crippen molar-refractivity contribution in [3.63, 3.8) is 0 Å². The Hall–Kier alpha value is -1.59. The molecular formula is C15H16F3NO. The summed E-state index contributed by atoms with van der Waals surface area (Å²) in [4.78, 5) is 0. The quantitative estimate of drug-likeness (QED) is 0.824. The molecule has 5 heteroatoms. The van der Waals surface area contributed by atoms with Crippen molar-refractivity contribution >= 4 is 10.8 Å². The number of fused-ring (bicyclic) bond motifs is 1. The van der Waals surface area contributed by atoms with Crippen LogP contribution in [-0.4, -0.2) is 24.4 Å². The van der Waals surface area contributed by atoms with Gasteiger partial charge in [0, 0.05) is 13.1 Å². The third kappa shape index (κ3) is 4.21. The molecule has 2 aromatic rings. The Bertz CT molecular complexity index is 568. The third-order valence-electron chi connectivity index (χ3n) is 3.08. The molecule has 1 unspecified atom stereocenters. The van der Waals surface area contributed by atoms with Gasteiger partial charge in [0.1, 0.15) is 0 Å². The molecule has 0 fully saturated rings. The van der Waals surface area contributed by atoms with Crippen LogP contribution in [0.15, 0.2) is 42.5 Å². The van der Waals surface area contributed by atoms with E-state index in [9.17, 15) is 18.3 Å². The first-order valence-corrected chi connectivity index (χ1v) is 6.40. The summed E-state index contributed by atoms with van der Waals surface area (Å²) in [5, 5.41) is 14.6. The van der Waals surface area contributed by atoms with Crippen LogP contribution in [0, 0.1) is 0 Å². The van der Waals surface area contributed by atoms with E-state index in [1.165, 1.54) is 0 Å². The van der Waals surface area contributed by atoms with E-state index in [4.69, 9.17) is 0 Å². The fourth-order valence-electron chi connectivity index (χ4n) is 2.00. The Morgan fingerprint density at radius 3 is 2.45 bits per heavy atom. The average molecular weight is 283 g/mol. The number of halogens is 3. The number of alkyl halides is 3. The van der Waals surface area contributed by atoms with Crippen molar-refractivity contribution in [1.29, 1.82) is 0 Å². The van der Waals surface area contributed by atoms with Gasteiger partial charge in [0.2, 0.25) is 0 Å². The van der Waals surface area contributed by atoms with Gasteiger partial charge < -0.3 is 10.4 Å². The van der Waals surface area contributed by atoms with Crippen LogP contribution in [0.3, 0.4) is 0 Å². The van der Waals surface area contributed by atoms with Crippen molar-refractivity contribution in [3.05, 3.63) is 48.0 Å². The molecule has 0 heterocycles. The molecule has 0 saturated heterocycles. The van der Waals surface area contributed by atoms with E-state index in [0.717, 1.165) is 10.8 Å². The lowest BCUT2D eigenvalue weighted by Gasteiger charge is -2.13. The molecule has 20 heavy (non-hydrogen) atoms. The molecule has 0 aliphatic carbocycles. The van der Waals surface area contributed by atoms with E-state index >= 15 is 0 Å². The summed E-state index contributed by atoms with van der Waals surface area (Å²) in [6, 6.07) is 13.3. The number of hydrogen-bond donors (Lipinski definition) is 2. The lowest BCUT2D eigenvalue weighted by Crippen LogP contribution is -2.26. The number of aliphatic hydroxyl groups is 1. The molecule has 0 aliphatic rings. The van der Waals surface area contributed by atoms with E-state index in [-0.39, 0.29) is 13.1 Å². The lowest BCUT2D eigenvalue weighted by atomic mass is 10.0. The molecule has 0 bridgehead atoms. The molecule has 0 aliphatic heterocycles. The summed E-state index contributed by atoms with van der Waals surface area (Å²) in [6.07, 6.45) is -5.87. The van der Waals surface area contributed by atoms with Crippen LogP contribution in [0.25, 0.3) is 10.8 Å². The molecule has 0 saturated carbocycles. The van der Waals surface area contributed by atoms with E-state index in [1.807, 2.05) is 36.4 Å². The van der Waals surface area contributed by atoms with Crippen LogP contribution in [0.2, 0.25) is 0 Å². The average Bonchev–Trinajstić information content (AvgIpc) is 2.42. The van der Waals surface area contributed by atoms with E-state index < -0.39 is 18.7 Å². The SMILES string of the molecule is OC(CNCCC(F)(F)F)c1ccc2ccccc2c1. The zero-order valence-electron chi connectivity index (χ0n) is 10.8. The first kappa shape index (κ1) is 14.8. The molecule has 2 aromatic carbocycles. The van der Waals surface area contributed by atoms with Gasteiger partial charge in [0.15, 0.2) is 0 Å². The number of hydrogen-bond acceptors (Lipinski definition) is 2. The predicted molar refractivity (Wildman–Crippen MR) is 72.4 cm³/mol. The van der Waals surface area contributed by atoms with E-state index in [1.54, 1.807) is 6.07 Å². The molecule has 0 amide bonds. The molecule has 0 spiro atoms. The summed E-state index contributed by atoms with van der Waals surface area (Å²) in [5.41, 5.74) is 0.697. The fraction of sp³-hybridized carbons (Fsp3) is 0.333. The third-order valence-corrected chi connectivity index (χ3v) is 3.08. The number of nitrogens with one attached hydrogen (secondary N) is 1. The van der Waals surface area contributed by atoms with Crippen LogP contribution < -0.4 is 5.32 Å². The predicted octanol–water partition coefficient (Wildman–Crippen LogP) is 3.42. The second kappa shape index (κ2) is 6.24. The monoisotopic (exact) mass is 283 g/mol. The minimum atomic E-state index is -4.17. The van der Waals surface area contributed by atoms with Crippen molar-refractivity contribution < 1.29 is 18.3 Å².